The molecule has 180 valence electrons. The first-order valence-electron chi connectivity index (χ1n) is 11.7. The van der Waals surface area contributed by atoms with Crippen molar-refractivity contribution in [3.05, 3.63) is 101 Å². The summed E-state index contributed by atoms with van der Waals surface area (Å²) < 4.78 is 11.0. The fraction of sp³-hybridized carbons (Fsp3) is 0.241. The van der Waals surface area contributed by atoms with E-state index in [0.717, 1.165) is 35.8 Å². The van der Waals surface area contributed by atoms with Crippen molar-refractivity contribution in [2.24, 2.45) is 5.10 Å². The van der Waals surface area contributed by atoms with E-state index in [9.17, 15) is 4.79 Å². The van der Waals surface area contributed by atoms with Crippen LogP contribution in [0.3, 0.4) is 0 Å². The molecule has 6 heteroatoms. The predicted molar refractivity (Wildman–Crippen MR) is 141 cm³/mol. The maximum atomic E-state index is 12.4. The molecule has 0 spiro atoms. The van der Waals surface area contributed by atoms with Gasteiger partial charge in [-0.25, -0.2) is 5.43 Å². The Morgan fingerprint density at radius 1 is 1.00 bits per heavy atom. The van der Waals surface area contributed by atoms with E-state index in [1.807, 2.05) is 42.5 Å². The van der Waals surface area contributed by atoms with Crippen molar-refractivity contribution in [3.63, 3.8) is 0 Å². The summed E-state index contributed by atoms with van der Waals surface area (Å²) in [5.41, 5.74) is 7.44. The van der Waals surface area contributed by atoms with Crippen molar-refractivity contribution >= 4 is 17.8 Å². The lowest BCUT2D eigenvalue weighted by Gasteiger charge is -2.30. The van der Waals surface area contributed by atoms with Gasteiger partial charge in [-0.3, -0.25) is 4.79 Å². The van der Waals surface area contributed by atoms with E-state index in [1.165, 1.54) is 11.1 Å². The van der Waals surface area contributed by atoms with Crippen LogP contribution in [0.4, 0.5) is 5.69 Å². The third kappa shape index (κ3) is 4.92. The standard InChI is InChI=1S/C29H31N3O3/c1-5-32-26-15-14-24(35-4)19-25(26)29(2,20-21-10-9-13-23(18-21)34-3)27(32)16-17-30-31-28(33)22-11-7-6-8-12-22/h6-19H,5,20H2,1-4H3,(H,31,33)/b27-16-,30-17+. The van der Waals surface area contributed by atoms with Crippen LogP contribution in [0, 0.1) is 0 Å². The highest BCUT2D eigenvalue weighted by molar-refractivity contribution is 5.94. The first-order valence-corrected chi connectivity index (χ1v) is 11.7. The summed E-state index contributed by atoms with van der Waals surface area (Å²) >= 11 is 0. The molecule has 0 saturated carbocycles. The van der Waals surface area contributed by atoms with Crippen LogP contribution >= 0.6 is 0 Å². The SMILES string of the molecule is CCN1/C(=C\C=N\NC(=O)c2ccccc2)C(C)(Cc2cccc(OC)c2)c2cc(OC)ccc21. The number of nitrogens with zero attached hydrogens (tertiary/aromatic N) is 2. The highest BCUT2D eigenvalue weighted by Gasteiger charge is 2.43. The van der Waals surface area contributed by atoms with Crippen LogP contribution < -0.4 is 19.8 Å². The van der Waals surface area contributed by atoms with Gasteiger partial charge in [0.2, 0.25) is 0 Å². The van der Waals surface area contributed by atoms with Gasteiger partial charge in [0.1, 0.15) is 11.5 Å². The normalized spacial score (nSPS) is 18.1. The number of hydrazone groups is 1. The number of likely N-dealkylation sites (N-methyl/N-ethyl adjacent to an activating group) is 1. The van der Waals surface area contributed by atoms with Gasteiger partial charge in [-0.1, -0.05) is 30.3 Å². The number of anilines is 1. The largest absolute Gasteiger partial charge is 0.497 e. The Labute approximate surface area is 206 Å². The van der Waals surface area contributed by atoms with Gasteiger partial charge < -0.3 is 14.4 Å². The number of methoxy groups -OCH3 is 2. The Morgan fingerprint density at radius 2 is 1.74 bits per heavy atom. The topological polar surface area (TPSA) is 63.2 Å². The summed E-state index contributed by atoms with van der Waals surface area (Å²) in [6, 6.07) is 23.4. The minimum atomic E-state index is -0.346. The van der Waals surface area contributed by atoms with E-state index in [0.29, 0.717) is 5.56 Å². The van der Waals surface area contributed by atoms with Gasteiger partial charge in [0.15, 0.2) is 0 Å². The van der Waals surface area contributed by atoms with Crippen LogP contribution in [-0.2, 0) is 11.8 Å². The molecule has 35 heavy (non-hydrogen) atoms. The lowest BCUT2D eigenvalue weighted by molar-refractivity contribution is 0.0955. The Kier molecular flexibility index (Phi) is 7.20. The molecule has 0 aliphatic carbocycles. The number of fused-ring (bicyclic) bond motifs is 1. The summed E-state index contributed by atoms with van der Waals surface area (Å²) in [6.45, 7) is 5.17. The van der Waals surface area contributed by atoms with E-state index in [-0.39, 0.29) is 11.3 Å². The van der Waals surface area contributed by atoms with E-state index in [4.69, 9.17) is 9.47 Å². The smallest absolute Gasteiger partial charge is 0.271 e. The predicted octanol–water partition coefficient (Wildman–Crippen LogP) is 5.34. The summed E-state index contributed by atoms with van der Waals surface area (Å²) in [7, 11) is 3.37. The molecule has 4 rings (SSSR count). The molecular formula is C29H31N3O3. The van der Waals surface area contributed by atoms with Crippen molar-refractivity contribution < 1.29 is 14.3 Å². The maximum absolute atomic E-state index is 12.4. The van der Waals surface area contributed by atoms with Gasteiger partial charge in [0, 0.05) is 35.1 Å². The number of hydrogen-bond acceptors (Lipinski definition) is 5. The molecule has 1 atom stereocenters. The number of nitrogens with one attached hydrogen (secondary N) is 1. The average molecular weight is 470 g/mol. The lowest BCUT2D eigenvalue weighted by atomic mass is 9.76. The second kappa shape index (κ2) is 10.5. The summed E-state index contributed by atoms with van der Waals surface area (Å²) in [5, 5.41) is 4.20. The molecular weight excluding hydrogens is 438 g/mol. The maximum Gasteiger partial charge on any atom is 0.271 e. The molecule has 1 amide bonds. The van der Waals surface area contributed by atoms with Crippen LogP contribution in [0.2, 0.25) is 0 Å². The minimum Gasteiger partial charge on any atom is -0.497 e. The molecule has 0 fully saturated rings. The van der Waals surface area contributed by atoms with E-state index >= 15 is 0 Å². The molecule has 6 nitrogen and oxygen atoms in total. The fourth-order valence-corrected chi connectivity index (χ4v) is 4.73. The number of carbonyl (C=O) groups excluding carboxylic acids is 1. The fourth-order valence-electron chi connectivity index (χ4n) is 4.73. The monoisotopic (exact) mass is 469 g/mol. The Morgan fingerprint density at radius 3 is 2.46 bits per heavy atom. The van der Waals surface area contributed by atoms with Gasteiger partial charge in [0.05, 0.1) is 14.2 Å². The van der Waals surface area contributed by atoms with Crippen LogP contribution in [0.1, 0.15) is 35.3 Å². The summed E-state index contributed by atoms with van der Waals surface area (Å²) in [5.74, 6) is 1.41. The first-order chi connectivity index (χ1) is 17.0. The number of amides is 1. The van der Waals surface area contributed by atoms with Crippen LogP contribution in [0.15, 0.2) is 89.7 Å². The number of rotatable bonds is 8. The lowest BCUT2D eigenvalue weighted by Crippen LogP contribution is -2.31. The summed E-state index contributed by atoms with van der Waals surface area (Å²) in [4.78, 5) is 14.6. The number of benzene rings is 3. The van der Waals surface area contributed by atoms with Crippen molar-refractivity contribution in [1.82, 2.24) is 5.43 Å². The van der Waals surface area contributed by atoms with Crippen molar-refractivity contribution in [2.75, 3.05) is 25.7 Å². The van der Waals surface area contributed by atoms with Gasteiger partial charge in [0.25, 0.3) is 5.91 Å². The minimum absolute atomic E-state index is 0.244. The number of carbonyl (C=O) groups is 1. The van der Waals surface area contributed by atoms with E-state index in [1.54, 1.807) is 32.6 Å². The molecule has 1 heterocycles. The third-order valence-corrected chi connectivity index (χ3v) is 6.46. The average Bonchev–Trinajstić information content (AvgIpc) is 3.13. The van der Waals surface area contributed by atoms with Gasteiger partial charge in [-0.15, -0.1) is 0 Å². The van der Waals surface area contributed by atoms with Crippen LogP contribution in [-0.4, -0.2) is 32.9 Å². The van der Waals surface area contributed by atoms with Crippen LogP contribution in [0.25, 0.3) is 0 Å². The number of hydrogen-bond donors (Lipinski definition) is 1. The van der Waals surface area contributed by atoms with Crippen molar-refractivity contribution in [1.29, 1.82) is 0 Å². The molecule has 0 radical (unpaired) electrons. The van der Waals surface area contributed by atoms with E-state index < -0.39 is 0 Å². The molecule has 3 aromatic carbocycles. The van der Waals surface area contributed by atoms with Crippen LogP contribution in [0.5, 0.6) is 11.5 Å². The molecule has 1 aliphatic rings. The van der Waals surface area contributed by atoms with Gasteiger partial charge in [-0.05, 0) is 79.9 Å². The molecule has 0 saturated heterocycles. The zero-order valence-electron chi connectivity index (χ0n) is 20.6. The number of ether oxygens (including phenoxy) is 2. The second-order valence-corrected chi connectivity index (χ2v) is 8.62. The Hall–Kier alpha value is -4.06. The van der Waals surface area contributed by atoms with Gasteiger partial charge in [-0.2, -0.15) is 5.10 Å². The molecule has 1 N–H and O–H groups in total. The molecule has 1 unspecified atom stereocenters. The molecule has 0 aromatic heterocycles. The highest BCUT2D eigenvalue weighted by atomic mass is 16.5. The third-order valence-electron chi connectivity index (χ3n) is 6.46. The molecule has 3 aromatic rings. The second-order valence-electron chi connectivity index (χ2n) is 8.62. The zero-order valence-corrected chi connectivity index (χ0v) is 20.6. The number of allylic oxidation sites excluding steroid dienone is 2. The molecule has 1 aliphatic heterocycles. The molecule has 0 bridgehead atoms. The zero-order chi connectivity index (χ0) is 24.8. The van der Waals surface area contributed by atoms with Crippen molar-refractivity contribution in [2.45, 2.75) is 25.7 Å². The highest BCUT2D eigenvalue weighted by Crippen LogP contribution is 2.50. The van der Waals surface area contributed by atoms with E-state index in [2.05, 4.69) is 53.5 Å². The Balaban J connectivity index is 1.70. The summed E-state index contributed by atoms with van der Waals surface area (Å²) in [6.07, 6.45) is 4.41. The van der Waals surface area contributed by atoms with Gasteiger partial charge >= 0.3 is 0 Å². The Bertz CT molecular complexity index is 1250. The first kappa shape index (κ1) is 24.1. The quantitative estimate of drug-likeness (QED) is 0.357. The van der Waals surface area contributed by atoms with Crippen molar-refractivity contribution in [3.8, 4) is 11.5 Å².